The summed E-state index contributed by atoms with van der Waals surface area (Å²) in [5.41, 5.74) is 1.63. The Labute approximate surface area is 95.0 Å². The summed E-state index contributed by atoms with van der Waals surface area (Å²) in [4.78, 5) is 11.2. The first-order valence-electron chi connectivity index (χ1n) is 4.68. The van der Waals surface area contributed by atoms with Gasteiger partial charge in [0.15, 0.2) is 5.78 Å². The van der Waals surface area contributed by atoms with Crippen LogP contribution in [0.3, 0.4) is 0 Å². The van der Waals surface area contributed by atoms with Crippen molar-refractivity contribution in [2.24, 2.45) is 0 Å². The van der Waals surface area contributed by atoms with Crippen LogP contribution in [0, 0.1) is 6.92 Å². The summed E-state index contributed by atoms with van der Waals surface area (Å²) >= 11 is 0. The van der Waals surface area contributed by atoms with E-state index in [1.807, 2.05) is 0 Å². The van der Waals surface area contributed by atoms with Gasteiger partial charge in [0.05, 0.1) is 5.69 Å². The summed E-state index contributed by atoms with van der Waals surface area (Å²) < 4.78 is 27.1. The molecule has 88 valence electrons. The molecule has 0 atom stereocenters. The molecule has 0 heterocycles. The van der Waals surface area contributed by atoms with E-state index in [1.54, 1.807) is 19.1 Å². The van der Waals surface area contributed by atoms with Gasteiger partial charge >= 0.3 is 0 Å². The lowest BCUT2D eigenvalue weighted by molar-refractivity contribution is 0.101. The molecular formula is C10H14N2O3S. The van der Waals surface area contributed by atoms with Crippen LogP contribution < -0.4 is 9.44 Å². The predicted molar refractivity (Wildman–Crippen MR) is 62.8 cm³/mol. The maximum Gasteiger partial charge on any atom is 0.298 e. The summed E-state index contributed by atoms with van der Waals surface area (Å²) in [5, 5.41) is 0. The van der Waals surface area contributed by atoms with Crippen LogP contribution in [0.4, 0.5) is 5.69 Å². The molecule has 0 radical (unpaired) electrons. The van der Waals surface area contributed by atoms with E-state index in [0.717, 1.165) is 5.56 Å². The first kappa shape index (κ1) is 12.7. The smallest absolute Gasteiger partial charge is 0.295 e. The number of hydrogen-bond acceptors (Lipinski definition) is 3. The van der Waals surface area contributed by atoms with Gasteiger partial charge in [-0.05, 0) is 25.5 Å². The third kappa shape index (κ3) is 3.04. The van der Waals surface area contributed by atoms with E-state index < -0.39 is 10.2 Å². The number of ketones is 1. The Kier molecular flexibility index (Phi) is 3.66. The molecule has 1 rings (SSSR count). The number of anilines is 1. The summed E-state index contributed by atoms with van der Waals surface area (Å²) in [6.07, 6.45) is 0. The van der Waals surface area contributed by atoms with Gasteiger partial charge in [-0.15, -0.1) is 0 Å². The van der Waals surface area contributed by atoms with Gasteiger partial charge in [-0.3, -0.25) is 9.52 Å². The van der Waals surface area contributed by atoms with Crippen molar-refractivity contribution >= 4 is 21.7 Å². The minimum absolute atomic E-state index is 0.107. The molecule has 0 unspecified atom stereocenters. The molecule has 0 aliphatic heterocycles. The average Bonchev–Trinajstić information content (AvgIpc) is 2.21. The van der Waals surface area contributed by atoms with Crippen molar-refractivity contribution in [1.82, 2.24) is 4.72 Å². The maximum absolute atomic E-state index is 11.3. The van der Waals surface area contributed by atoms with E-state index in [-0.39, 0.29) is 5.78 Å². The fraction of sp³-hybridized carbons (Fsp3) is 0.300. The van der Waals surface area contributed by atoms with Crippen LogP contribution in [-0.2, 0) is 10.2 Å². The quantitative estimate of drug-likeness (QED) is 0.776. The molecule has 0 spiro atoms. The van der Waals surface area contributed by atoms with Crippen LogP contribution in [0.5, 0.6) is 0 Å². The van der Waals surface area contributed by atoms with E-state index in [1.165, 1.54) is 20.0 Å². The van der Waals surface area contributed by atoms with Crippen molar-refractivity contribution in [2.45, 2.75) is 13.8 Å². The van der Waals surface area contributed by atoms with Gasteiger partial charge in [0.1, 0.15) is 0 Å². The molecule has 0 saturated heterocycles. The van der Waals surface area contributed by atoms with Gasteiger partial charge in [-0.25, -0.2) is 4.72 Å². The van der Waals surface area contributed by atoms with Crippen LogP contribution in [0.2, 0.25) is 0 Å². The van der Waals surface area contributed by atoms with Crippen LogP contribution in [0.1, 0.15) is 22.8 Å². The molecule has 0 aliphatic carbocycles. The van der Waals surface area contributed by atoms with Crippen molar-refractivity contribution in [1.29, 1.82) is 0 Å². The van der Waals surface area contributed by atoms with Gasteiger partial charge < -0.3 is 0 Å². The molecule has 1 aromatic carbocycles. The van der Waals surface area contributed by atoms with Crippen LogP contribution >= 0.6 is 0 Å². The first-order chi connectivity index (χ1) is 7.35. The largest absolute Gasteiger partial charge is 0.298 e. The number of Topliss-reactive ketones (excluding diaryl/α,β-unsaturated/α-hetero) is 1. The lowest BCUT2D eigenvalue weighted by Gasteiger charge is -2.10. The molecule has 0 amide bonds. The molecule has 0 aliphatic rings. The van der Waals surface area contributed by atoms with Gasteiger partial charge in [0.2, 0.25) is 0 Å². The van der Waals surface area contributed by atoms with E-state index in [2.05, 4.69) is 9.44 Å². The second kappa shape index (κ2) is 4.63. The zero-order valence-corrected chi connectivity index (χ0v) is 10.2. The van der Waals surface area contributed by atoms with Gasteiger partial charge in [0.25, 0.3) is 10.2 Å². The number of rotatable bonds is 4. The molecule has 0 fully saturated rings. The van der Waals surface area contributed by atoms with E-state index in [4.69, 9.17) is 0 Å². The Morgan fingerprint density at radius 1 is 1.31 bits per heavy atom. The maximum atomic E-state index is 11.3. The molecule has 5 nitrogen and oxygen atoms in total. The van der Waals surface area contributed by atoms with Crippen LogP contribution in [-0.4, -0.2) is 21.2 Å². The third-order valence-electron chi connectivity index (χ3n) is 2.16. The second-order valence-electron chi connectivity index (χ2n) is 3.40. The van der Waals surface area contributed by atoms with Gasteiger partial charge in [0, 0.05) is 12.6 Å². The lowest BCUT2D eigenvalue weighted by atomic mass is 10.1. The van der Waals surface area contributed by atoms with Crippen LogP contribution in [0.25, 0.3) is 0 Å². The highest BCUT2D eigenvalue weighted by molar-refractivity contribution is 7.90. The van der Waals surface area contributed by atoms with E-state index in [9.17, 15) is 13.2 Å². The molecule has 16 heavy (non-hydrogen) atoms. The molecular weight excluding hydrogens is 228 g/mol. The summed E-state index contributed by atoms with van der Waals surface area (Å²) in [7, 11) is -2.24. The Morgan fingerprint density at radius 3 is 2.44 bits per heavy atom. The lowest BCUT2D eigenvalue weighted by Crippen LogP contribution is -2.26. The standard InChI is InChI=1S/C10H14N2O3S/c1-7-4-5-9(8(2)13)6-10(7)12-16(14,15)11-3/h4-6,11-12H,1-3H3. The fourth-order valence-corrected chi connectivity index (χ4v) is 1.76. The molecule has 0 aromatic heterocycles. The zero-order chi connectivity index (χ0) is 12.3. The number of nitrogens with one attached hydrogen (secondary N) is 2. The highest BCUT2D eigenvalue weighted by Gasteiger charge is 2.10. The highest BCUT2D eigenvalue weighted by Crippen LogP contribution is 2.18. The molecule has 1 aromatic rings. The number of benzene rings is 1. The molecule has 6 heteroatoms. The zero-order valence-electron chi connectivity index (χ0n) is 9.37. The number of carbonyl (C=O) groups is 1. The fourth-order valence-electron chi connectivity index (χ4n) is 1.15. The SMILES string of the molecule is CNS(=O)(=O)Nc1cc(C(C)=O)ccc1C. The monoisotopic (exact) mass is 242 g/mol. The van der Waals surface area contributed by atoms with Crippen molar-refractivity contribution in [2.75, 3.05) is 11.8 Å². The van der Waals surface area contributed by atoms with Gasteiger partial charge in [-0.2, -0.15) is 8.42 Å². The Balaban J connectivity index is 3.13. The van der Waals surface area contributed by atoms with E-state index >= 15 is 0 Å². The Morgan fingerprint density at radius 2 is 1.94 bits per heavy atom. The topological polar surface area (TPSA) is 75.3 Å². The normalized spacial score (nSPS) is 11.2. The Bertz CT molecular complexity index is 509. The third-order valence-corrected chi connectivity index (χ3v) is 3.18. The van der Waals surface area contributed by atoms with Crippen molar-refractivity contribution in [3.05, 3.63) is 29.3 Å². The number of hydrogen-bond donors (Lipinski definition) is 2. The number of carbonyl (C=O) groups excluding carboxylic acids is 1. The molecule has 0 saturated carbocycles. The minimum atomic E-state index is -3.55. The van der Waals surface area contributed by atoms with Gasteiger partial charge in [-0.1, -0.05) is 12.1 Å². The predicted octanol–water partition coefficient (Wildman–Crippen LogP) is 1.07. The number of aryl methyl sites for hydroxylation is 1. The average molecular weight is 242 g/mol. The summed E-state index contributed by atoms with van der Waals surface area (Å²) in [5.74, 6) is -0.107. The molecule has 0 bridgehead atoms. The Hall–Kier alpha value is -1.40. The minimum Gasteiger partial charge on any atom is -0.295 e. The first-order valence-corrected chi connectivity index (χ1v) is 6.17. The van der Waals surface area contributed by atoms with E-state index in [0.29, 0.717) is 11.3 Å². The summed E-state index contributed by atoms with van der Waals surface area (Å²) in [6, 6.07) is 4.88. The summed E-state index contributed by atoms with van der Waals surface area (Å²) in [6.45, 7) is 3.19. The van der Waals surface area contributed by atoms with Crippen molar-refractivity contribution in [3.8, 4) is 0 Å². The highest BCUT2D eigenvalue weighted by atomic mass is 32.2. The van der Waals surface area contributed by atoms with Crippen LogP contribution in [0.15, 0.2) is 18.2 Å². The molecule has 2 N–H and O–H groups in total. The second-order valence-corrected chi connectivity index (χ2v) is 5.01. The van der Waals surface area contributed by atoms with Crippen molar-refractivity contribution in [3.63, 3.8) is 0 Å². The van der Waals surface area contributed by atoms with Crippen molar-refractivity contribution < 1.29 is 13.2 Å².